The fourth-order valence-corrected chi connectivity index (χ4v) is 3.37. The summed E-state index contributed by atoms with van der Waals surface area (Å²) in [7, 11) is 0. The van der Waals surface area contributed by atoms with Crippen LogP contribution >= 0.6 is 0 Å². The third-order valence-electron chi connectivity index (χ3n) is 5.56. The van der Waals surface area contributed by atoms with Crippen LogP contribution in [0.1, 0.15) is 84.0 Å². The van der Waals surface area contributed by atoms with Crippen LogP contribution in [0.5, 0.6) is 0 Å². The van der Waals surface area contributed by atoms with E-state index in [1.807, 2.05) is 0 Å². The van der Waals surface area contributed by atoms with Gasteiger partial charge in [0, 0.05) is 6.42 Å². The molecule has 0 aromatic heterocycles. The molecular formula is C23H46N6O5. The molecule has 0 fully saturated rings. The van der Waals surface area contributed by atoms with Crippen LogP contribution in [0.25, 0.3) is 0 Å². The van der Waals surface area contributed by atoms with Gasteiger partial charge in [-0.25, -0.2) is 0 Å². The zero-order valence-corrected chi connectivity index (χ0v) is 20.7. The van der Waals surface area contributed by atoms with Crippen LogP contribution in [0, 0.1) is 0 Å². The number of nitrogens with one attached hydrogen (secondary N) is 3. The second kappa shape index (κ2) is 20.2. The largest absolute Gasteiger partial charge is 0.394 e. The molecule has 3 atom stereocenters. The lowest BCUT2D eigenvalue weighted by Crippen LogP contribution is -2.56. The third-order valence-corrected chi connectivity index (χ3v) is 5.56. The number of hydrogen-bond acceptors (Lipinski definition) is 7. The van der Waals surface area contributed by atoms with Gasteiger partial charge in [-0.3, -0.25) is 19.2 Å². The van der Waals surface area contributed by atoms with Crippen molar-refractivity contribution in [2.75, 3.05) is 19.7 Å². The van der Waals surface area contributed by atoms with Crippen LogP contribution in [-0.4, -0.2) is 66.6 Å². The number of carbonyl (C=O) groups is 4. The van der Waals surface area contributed by atoms with Crippen LogP contribution < -0.4 is 33.2 Å². The molecular weight excluding hydrogens is 440 g/mol. The Labute approximate surface area is 203 Å². The van der Waals surface area contributed by atoms with E-state index in [2.05, 4.69) is 16.0 Å². The average molecular weight is 487 g/mol. The molecule has 0 spiro atoms. The molecule has 11 heteroatoms. The van der Waals surface area contributed by atoms with Crippen LogP contribution in [0.15, 0.2) is 0 Å². The van der Waals surface area contributed by atoms with Crippen molar-refractivity contribution in [2.45, 2.75) is 102 Å². The summed E-state index contributed by atoms with van der Waals surface area (Å²) in [5.74, 6) is -2.27. The standard InChI is InChI=1S/C23H46N6O5/c1-17(21(26)32)27-22(33)18(12-9-11-15-25)29-23(34)19(16-30)28-20(31)13-8-6-4-2-3-5-7-10-14-24/h17-19,30H,2-16,24-25H2,1H3,(H2,26,32)(H,27,33)(H,28,31)(H,29,34)/t17-,18-,19-/m0/s1. The Balaban J connectivity index is 4.53. The highest BCUT2D eigenvalue weighted by molar-refractivity contribution is 5.93. The second-order valence-corrected chi connectivity index (χ2v) is 8.65. The summed E-state index contributed by atoms with van der Waals surface area (Å²) in [6, 6.07) is -3.02. The zero-order chi connectivity index (χ0) is 25.8. The maximum atomic E-state index is 12.6. The van der Waals surface area contributed by atoms with E-state index in [-0.39, 0.29) is 12.3 Å². The molecule has 0 heterocycles. The van der Waals surface area contributed by atoms with Crippen molar-refractivity contribution in [1.29, 1.82) is 0 Å². The topological polar surface area (TPSA) is 203 Å². The van der Waals surface area contributed by atoms with Crippen molar-refractivity contribution >= 4 is 23.6 Å². The highest BCUT2D eigenvalue weighted by Gasteiger charge is 2.27. The molecule has 34 heavy (non-hydrogen) atoms. The summed E-state index contributed by atoms with van der Waals surface area (Å²) in [5, 5.41) is 17.1. The monoisotopic (exact) mass is 486 g/mol. The molecule has 198 valence electrons. The van der Waals surface area contributed by atoms with Crippen molar-refractivity contribution in [3.8, 4) is 0 Å². The van der Waals surface area contributed by atoms with Crippen molar-refractivity contribution in [1.82, 2.24) is 16.0 Å². The Morgan fingerprint density at radius 1 is 0.706 bits per heavy atom. The van der Waals surface area contributed by atoms with Gasteiger partial charge in [-0.1, -0.05) is 38.5 Å². The molecule has 0 rings (SSSR count). The maximum absolute atomic E-state index is 12.6. The number of hydrogen-bond donors (Lipinski definition) is 7. The number of amides is 4. The number of carbonyl (C=O) groups excluding carboxylic acids is 4. The van der Waals surface area contributed by atoms with Crippen molar-refractivity contribution in [2.24, 2.45) is 17.2 Å². The van der Waals surface area contributed by atoms with Gasteiger partial charge < -0.3 is 38.3 Å². The maximum Gasteiger partial charge on any atom is 0.245 e. The first kappa shape index (κ1) is 31.8. The lowest BCUT2D eigenvalue weighted by molar-refractivity contribution is -0.134. The molecule has 0 aromatic carbocycles. The molecule has 0 radical (unpaired) electrons. The van der Waals surface area contributed by atoms with Gasteiger partial charge in [0.15, 0.2) is 0 Å². The van der Waals surface area contributed by atoms with E-state index in [0.29, 0.717) is 32.2 Å². The highest BCUT2D eigenvalue weighted by atomic mass is 16.3. The number of primary amides is 1. The van der Waals surface area contributed by atoms with E-state index < -0.39 is 42.5 Å². The van der Waals surface area contributed by atoms with Crippen molar-refractivity contribution in [3.05, 3.63) is 0 Å². The summed E-state index contributed by atoms with van der Waals surface area (Å²) < 4.78 is 0. The molecule has 0 saturated heterocycles. The minimum atomic E-state index is -1.17. The van der Waals surface area contributed by atoms with Gasteiger partial charge in [0.1, 0.15) is 18.1 Å². The molecule has 11 nitrogen and oxygen atoms in total. The molecule has 0 saturated carbocycles. The number of unbranched alkanes of at least 4 members (excludes halogenated alkanes) is 8. The molecule has 0 aliphatic carbocycles. The van der Waals surface area contributed by atoms with Gasteiger partial charge in [-0.2, -0.15) is 0 Å². The predicted octanol–water partition coefficient (Wildman–Crippen LogP) is -0.463. The van der Waals surface area contributed by atoms with Crippen molar-refractivity contribution in [3.63, 3.8) is 0 Å². The fourth-order valence-electron chi connectivity index (χ4n) is 3.37. The first-order valence-electron chi connectivity index (χ1n) is 12.5. The van der Waals surface area contributed by atoms with Crippen LogP contribution in [-0.2, 0) is 19.2 Å². The zero-order valence-electron chi connectivity index (χ0n) is 20.7. The second-order valence-electron chi connectivity index (χ2n) is 8.65. The minimum absolute atomic E-state index is 0.257. The molecule has 0 aliphatic heterocycles. The predicted molar refractivity (Wildman–Crippen MR) is 131 cm³/mol. The summed E-state index contributed by atoms with van der Waals surface area (Å²) in [6.07, 6.45) is 10.1. The molecule has 4 amide bonds. The fraction of sp³-hybridized carbons (Fsp3) is 0.826. The van der Waals surface area contributed by atoms with E-state index in [4.69, 9.17) is 17.2 Å². The summed E-state index contributed by atoms with van der Waals surface area (Å²) >= 11 is 0. The van der Waals surface area contributed by atoms with Crippen LogP contribution in [0.2, 0.25) is 0 Å². The van der Waals surface area contributed by atoms with E-state index >= 15 is 0 Å². The molecule has 10 N–H and O–H groups in total. The van der Waals surface area contributed by atoms with E-state index in [0.717, 1.165) is 45.1 Å². The van der Waals surface area contributed by atoms with Crippen molar-refractivity contribution < 1.29 is 24.3 Å². The van der Waals surface area contributed by atoms with Gasteiger partial charge in [0.2, 0.25) is 23.6 Å². The van der Waals surface area contributed by atoms with Crippen LogP contribution in [0.4, 0.5) is 0 Å². The number of nitrogens with two attached hydrogens (primary N) is 3. The average Bonchev–Trinajstić information content (AvgIpc) is 2.80. The number of aliphatic hydroxyl groups excluding tert-OH is 1. The van der Waals surface area contributed by atoms with E-state index in [9.17, 15) is 24.3 Å². The minimum Gasteiger partial charge on any atom is -0.394 e. The Bertz CT molecular complexity index is 604. The third kappa shape index (κ3) is 15.6. The Hall–Kier alpha value is -2.24. The normalized spacial score (nSPS) is 13.5. The highest BCUT2D eigenvalue weighted by Crippen LogP contribution is 2.09. The Morgan fingerprint density at radius 2 is 1.21 bits per heavy atom. The molecule has 0 aromatic rings. The summed E-state index contributed by atoms with van der Waals surface area (Å²) in [5.41, 5.74) is 16.1. The lowest BCUT2D eigenvalue weighted by atomic mass is 10.1. The lowest BCUT2D eigenvalue weighted by Gasteiger charge is -2.23. The van der Waals surface area contributed by atoms with Crippen LogP contribution in [0.3, 0.4) is 0 Å². The molecule has 0 aliphatic rings. The molecule has 0 unspecified atom stereocenters. The first-order valence-corrected chi connectivity index (χ1v) is 12.5. The van der Waals surface area contributed by atoms with E-state index in [1.54, 1.807) is 0 Å². The molecule has 0 bridgehead atoms. The number of rotatable bonds is 21. The van der Waals surface area contributed by atoms with Gasteiger partial charge >= 0.3 is 0 Å². The SMILES string of the molecule is C[C@H](NC(=O)[C@H](CCCCN)NC(=O)[C@H](CO)NC(=O)CCCCCCCCCCN)C(N)=O. The Morgan fingerprint density at radius 3 is 1.74 bits per heavy atom. The number of aliphatic hydroxyl groups is 1. The van der Waals surface area contributed by atoms with Gasteiger partial charge in [-0.15, -0.1) is 0 Å². The van der Waals surface area contributed by atoms with Gasteiger partial charge in [-0.05, 0) is 52.1 Å². The van der Waals surface area contributed by atoms with Gasteiger partial charge in [0.25, 0.3) is 0 Å². The smallest absolute Gasteiger partial charge is 0.245 e. The summed E-state index contributed by atoms with van der Waals surface area (Å²) in [6.45, 7) is 2.01. The first-order chi connectivity index (χ1) is 16.3. The van der Waals surface area contributed by atoms with E-state index in [1.165, 1.54) is 13.3 Å². The van der Waals surface area contributed by atoms with Gasteiger partial charge in [0.05, 0.1) is 6.61 Å². The quantitative estimate of drug-likeness (QED) is 0.106. The summed E-state index contributed by atoms with van der Waals surface area (Å²) in [4.78, 5) is 48.6. The Kier molecular flexibility index (Phi) is 18.8.